The summed E-state index contributed by atoms with van der Waals surface area (Å²) in [7, 11) is 0. The van der Waals surface area contributed by atoms with Crippen LogP contribution >= 0.6 is 0 Å². The van der Waals surface area contributed by atoms with Gasteiger partial charge in [-0.2, -0.15) is 0 Å². The van der Waals surface area contributed by atoms with Crippen molar-refractivity contribution in [1.82, 2.24) is 15.2 Å². The molecule has 4 rings (SSSR count). The third-order valence-electron chi connectivity index (χ3n) is 5.13. The zero-order chi connectivity index (χ0) is 17.1. The molecule has 2 aliphatic rings. The minimum absolute atomic E-state index is 0.0128. The van der Waals surface area contributed by atoms with Gasteiger partial charge >= 0.3 is 6.03 Å². The zero-order valence-corrected chi connectivity index (χ0v) is 14.4. The van der Waals surface area contributed by atoms with Crippen LogP contribution in [0.4, 0.5) is 4.79 Å². The Morgan fingerprint density at radius 3 is 3.04 bits per heavy atom. The largest absolute Gasteiger partial charge is 0.440 e. The Morgan fingerprint density at radius 1 is 1.28 bits per heavy atom. The van der Waals surface area contributed by atoms with Crippen molar-refractivity contribution in [1.29, 1.82) is 0 Å². The van der Waals surface area contributed by atoms with Gasteiger partial charge in [0.2, 0.25) is 0 Å². The molecule has 1 aromatic heterocycles. The van der Waals surface area contributed by atoms with Crippen LogP contribution in [0.2, 0.25) is 0 Å². The lowest BCUT2D eigenvalue weighted by molar-refractivity contribution is 0.104. The molecule has 6 heteroatoms. The number of nitrogens with zero attached hydrogens (tertiary/aromatic N) is 2. The lowest BCUT2D eigenvalue weighted by atomic mass is 9.98. The fraction of sp³-hybridized carbons (Fsp3) is 0.579. The van der Waals surface area contributed by atoms with Crippen LogP contribution < -0.4 is 5.32 Å². The Bertz CT molecular complexity index is 691. The number of hydrogen-bond donors (Lipinski definition) is 1. The highest BCUT2D eigenvalue weighted by Crippen LogP contribution is 2.29. The van der Waals surface area contributed by atoms with E-state index in [9.17, 15) is 4.79 Å². The number of benzene rings is 1. The van der Waals surface area contributed by atoms with Gasteiger partial charge in [0.25, 0.3) is 0 Å². The molecule has 0 unspecified atom stereocenters. The number of carbonyl (C=O) groups is 1. The van der Waals surface area contributed by atoms with E-state index in [1.165, 1.54) is 0 Å². The molecular formula is C19H25N3O3. The van der Waals surface area contributed by atoms with E-state index in [2.05, 4.69) is 10.3 Å². The maximum absolute atomic E-state index is 12.4. The summed E-state index contributed by atoms with van der Waals surface area (Å²) in [5, 5.41) is 3.03. The van der Waals surface area contributed by atoms with E-state index in [4.69, 9.17) is 9.15 Å². The highest BCUT2D eigenvalue weighted by Gasteiger charge is 2.28. The second kappa shape index (κ2) is 7.44. The third kappa shape index (κ3) is 3.79. The van der Waals surface area contributed by atoms with Crippen molar-refractivity contribution in [3.8, 4) is 0 Å². The molecule has 1 N–H and O–H groups in total. The number of carbonyl (C=O) groups excluding carboxylic acids is 1. The number of hydrogen-bond acceptors (Lipinski definition) is 4. The Kier molecular flexibility index (Phi) is 4.88. The summed E-state index contributed by atoms with van der Waals surface area (Å²) in [6.45, 7) is 2.99. The van der Waals surface area contributed by atoms with Gasteiger partial charge in [-0.25, -0.2) is 9.78 Å². The predicted octanol–water partition coefficient (Wildman–Crippen LogP) is 3.29. The summed E-state index contributed by atoms with van der Waals surface area (Å²) in [4.78, 5) is 18.9. The molecule has 2 atom stereocenters. The van der Waals surface area contributed by atoms with Crippen molar-refractivity contribution in [2.75, 3.05) is 26.2 Å². The molecule has 0 aliphatic carbocycles. The fourth-order valence-corrected chi connectivity index (χ4v) is 3.75. The molecule has 2 fully saturated rings. The molecule has 134 valence electrons. The highest BCUT2D eigenvalue weighted by atomic mass is 16.5. The number of para-hydroxylation sites is 2. The second-order valence-corrected chi connectivity index (χ2v) is 6.96. The molecule has 6 nitrogen and oxygen atoms in total. The fourth-order valence-electron chi connectivity index (χ4n) is 3.75. The van der Waals surface area contributed by atoms with Crippen LogP contribution in [0.25, 0.3) is 11.1 Å². The van der Waals surface area contributed by atoms with Crippen molar-refractivity contribution in [2.45, 2.75) is 44.1 Å². The minimum Gasteiger partial charge on any atom is -0.440 e. The van der Waals surface area contributed by atoms with Gasteiger partial charge in [0, 0.05) is 26.2 Å². The third-order valence-corrected chi connectivity index (χ3v) is 5.13. The number of oxazole rings is 1. The monoisotopic (exact) mass is 343 g/mol. The van der Waals surface area contributed by atoms with Gasteiger partial charge in [-0.3, -0.25) is 0 Å². The maximum atomic E-state index is 12.4. The van der Waals surface area contributed by atoms with E-state index in [1.807, 2.05) is 29.2 Å². The quantitative estimate of drug-likeness (QED) is 0.925. The Balaban J connectivity index is 1.32. The summed E-state index contributed by atoms with van der Waals surface area (Å²) in [6.07, 6.45) is 5.44. The van der Waals surface area contributed by atoms with Gasteiger partial charge in [0.05, 0.1) is 12.0 Å². The number of amides is 2. The van der Waals surface area contributed by atoms with Crippen molar-refractivity contribution in [3.05, 3.63) is 30.2 Å². The summed E-state index contributed by atoms with van der Waals surface area (Å²) < 4.78 is 11.5. The van der Waals surface area contributed by atoms with Crippen LogP contribution in [-0.2, 0) is 4.74 Å². The van der Waals surface area contributed by atoms with Crippen LogP contribution in [0.1, 0.15) is 43.9 Å². The smallest absolute Gasteiger partial charge is 0.317 e. The van der Waals surface area contributed by atoms with Crippen LogP contribution in [0.5, 0.6) is 0 Å². The number of rotatable bonds is 4. The zero-order valence-electron chi connectivity index (χ0n) is 14.4. The summed E-state index contributed by atoms with van der Waals surface area (Å²) in [5.74, 6) is 0.920. The van der Waals surface area contributed by atoms with Crippen molar-refractivity contribution >= 4 is 17.1 Å². The molecule has 1 aromatic carbocycles. The number of nitrogens with one attached hydrogen (secondary N) is 1. The van der Waals surface area contributed by atoms with Gasteiger partial charge < -0.3 is 19.4 Å². The minimum atomic E-state index is 0.0128. The first-order valence-corrected chi connectivity index (χ1v) is 9.29. The molecule has 0 radical (unpaired) electrons. The topological polar surface area (TPSA) is 67.6 Å². The highest BCUT2D eigenvalue weighted by molar-refractivity contribution is 5.74. The molecule has 0 bridgehead atoms. The summed E-state index contributed by atoms with van der Waals surface area (Å²) >= 11 is 0. The Labute approximate surface area is 147 Å². The second-order valence-electron chi connectivity index (χ2n) is 6.96. The van der Waals surface area contributed by atoms with E-state index < -0.39 is 0 Å². The lowest BCUT2D eigenvalue weighted by Gasteiger charge is -2.31. The number of likely N-dealkylation sites (tertiary alicyclic amines) is 1. The summed E-state index contributed by atoms with van der Waals surface area (Å²) in [6, 6.07) is 7.82. The first-order valence-electron chi connectivity index (χ1n) is 9.29. The van der Waals surface area contributed by atoms with Crippen LogP contribution in [0.15, 0.2) is 28.7 Å². The van der Waals surface area contributed by atoms with Crippen LogP contribution in [-0.4, -0.2) is 48.3 Å². The van der Waals surface area contributed by atoms with E-state index in [-0.39, 0.29) is 11.9 Å². The molecule has 2 amide bonds. The average Bonchev–Trinajstić information content (AvgIpc) is 3.31. The Morgan fingerprint density at radius 2 is 2.20 bits per heavy atom. The van der Waals surface area contributed by atoms with Gasteiger partial charge in [-0.15, -0.1) is 0 Å². The number of piperidine rings is 1. The number of urea groups is 1. The van der Waals surface area contributed by atoms with Crippen LogP contribution in [0.3, 0.4) is 0 Å². The molecule has 3 heterocycles. The number of aromatic nitrogens is 1. The van der Waals surface area contributed by atoms with E-state index in [0.717, 1.165) is 62.2 Å². The van der Waals surface area contributed by atoms with Crippen molar-refractivity contribution in [2.24, 2.45) is 0 Å². The molecule has 2 aromatic rings. The van der Waals surface area contributed by atoms with Crippen molar-refractivity contribution in [3.63, 3.8) is 0 Å². The van der Waals surface area contributed by atoms with Gasteiger partial charge in [0.1, 0.15) is 5.52 Å². The normalized spacial score (nSPS) is 23.9. The molecular weight excluding hydrogens is 318 g/mol. The van der Waals surface area contributed by atoms with Crippen molar-refractivity contribution < 1.29 is 13.9 Å². The number of fused-ring (bicyclic) bond motifs is 1. The molecule has 25 heavy (non-hydrogen) atoms. The SMILES string of the molecule is O=C(NCC[C@H]1CCCO1)N1CCC[C@@H](c2nc3ccccc3o2)C1. The summed E-state index contributed by atoms with van der Waals surface area (Å²) in [5.41, 5.74) is 1.70. The van der Waals surface area contributed by atoms with Gasteiger partial charge in [0.15, 0.2) is 11.5 Å². The van der Waals surface area contributed by atoms with Gasteiger partial charge in [-0.05, 0) is 44.2 Å². The molecule has 0 spiro atoms. The van der Waals surface area contributed by atoms with E-state index in [0.29, 0.717) is 19.2 Å². The van der Waals surface area contributed by atoms with E-state index in [1.54, 1.807) is 0 Å². The average molecular weight is 343 g/mol. The van der Waals surface area contributed by atoms with Gasteiger partial charge in [-0.1, -0.05) is 12.1 Å². The Hall–Kier alpha value is -2.08. The lowest BCUT2D eigenvalue weighted by Crippen LogP contribution is -2.45. The standard InChI is InChI=1S/C19H25N3O3/c23-19(20-10-9-15-6-4-12-24-15)22-11-3-5-14(13-22)18-21-16-7-1-2-8-17(16)25-18/h1-2,7-8,14-15H,3-6,9-13H2,(H,20,23)/t14-,15-/m1/s1. The molecule has 2 aliphatic heterocycles. The van der Waals surface area contributed by atoms with Crippen LogP contribution in [0, 0.1) is 0 Å². The first-order chi connectivity index (χ1) is 12.3. The molecule has 0 saturated carbocycles. The first kappa shape index (κ1) is 16.4. The maximum Gasteiger partial charge on any atom is 0.317 e. The number of ether oxygens (including phenoxy) is 1. The molecule has 2 saturated heterocycles. The van der Waals surface area contributed by atoms with E-state index >= 15 is 0 Å². The predicted molar refractivity (Wildman–Crippen MR) is 94.5 cm³/mol.